The smallest absolute Gasteiger partial charge is 0.219 e. The highest BCUT2D eigenvalue weighted by Gasteiger charge is 2.57. The molecule has 3 aliphatic rings. The molecule has 0 saturated heterocycles. The molecule has 3 aromatic rings. The molecule has 38 heavy (non-hydrogen) atoms. The number of ether oxygens (including phenoxy) is 1. The summed E-state index contributed by atoms with van der Waals surface area (Å²) in [5.41, 5.74) is 10.4. The lowest BCUT2D eigenvalue weighted by molar-refractivity contribution is -0.0689. The molecule has 3 N–H and O–H groups in total. The van der Waals surface area contributed by atoms with Gasteiger partial charge < -0.3 is 15.6 Å². The van der Waals surface area contributed by atoms with Crippen molar-refractivity contribution < 1.29 is 9.84 Å². The molecule has 7 atom stereocenters. The predicted octanol–water partition coefficient (Wildman–Crippen LogP) is 5.81. The van der Waals surface area contributed by atoms with Crippen LogP contribution in [0.5, 0.6) is 11.6 Å². The Morgan fingerprint density at radius 3 is 2.55 bits per heavy atom. The Balaban J connectivity index is 1.25. The van der Waals surface area contributed by atoms with Crippen molar-refractivity contribution in [2.24, 2.45) is 46.2 Å². The summed E-state index contributed by atoms with van der Waals surface area (Å²) in [7, 11) is 0. The molecule has 6 rings (SSSR count). The minimum Gasteiger partial charge on any atom is -0.439 e. The molecule has 0 aliphatic heterocycles. The first-order valence-electron chi connectivity index (χ1n) is 14.4. The molecule has 0 radical (unpaired) electrons. The van der Waals surface area contributed by atoms with E-state index in [1.807, 2.05) is 47.1 Å². The summed E-state index contributed by atoms with van der Waals surface area (Å²) in [4.78, 5) is 4.23. The van der Waals surface area contributed by atoms with Gasteiger partial charge in [0.25, 0.3) is 0 Å². The molecular formula is C32H42N4O2. The third kappa shape index (κ3) is 4.17. The van der Waals surface area contributed by atoms with Crippen molar-refractivity contribution in [1.29, 1.82) is 0 Å². The maximum Gasteiger partial charge on any atom is 0.219 e. The number of rotatable bonds is 6. The Bertz CT molecular complexity index is 1260. The Morgan fingerprint density at radius 2 is 1.84 bits per heavy atom. The first kappa shape index (κ1) is 25.6. The monoisotopic (exact) mass is 514 g/mol. The first-order chi connectivity index (χ1) is 18.4. The molecule has 6 heteroatoms. The van der Waals surface area contributed by atoms with Gasteiger partial charge in [-0.05, 0) is 121 Å². The number of nitrogens with two attached hydrogens (primary N) is 1. The Kier molecular flexibility index (Phi) is 6.59. The van der Waals surface area contributed by atoms with Crippen molar-refractivity contribution >= 4 is 0 Å². The van der Waals surface area contributed by atoms with Crippen LogP contribution in [0.15, 0.2) is 54.9 Å². The van der Waals surface area contributed by atoms with Crippen LogP contribution >= 0.6 is 0 Å². The third-order valence-corrected chi connectivity index (χ3v) is 11.0. The van der Waals surface area contributed by atoms with Crippen LogP contribution in [0.3, 0.4) is 0 Å². The van der Waals surface area contributed by atoms with Gasteiger partial charge in [0.2, 0.25) is 5.88 Å². The van der Waals surface area contributed by atoms with Crippen LogP contribution in [0.2, 0.25) is 0 Å². The van der Waals surface area contributed by atoms with Crippen LogP contribution in [0.1, 0.15) is 57.7 Å². The standard InChI is InChI=1S/C32H42N4O2/c1-21-7-12-27-26(18-33)28(13-14-31(21,27)2)32(3)17-22-19-36(35-29(22)16-23(32)20-37)24-8-10-25(11-9-24)38-30-6-4-5-15-34-30/h4-6,8-11,15,19,21,23,26-28,37H,7,12-14,16-18,20,33H2,1-3H3/t21-,23+,26-,27-,28-,31-,32+/m0/s1. The maximum absolute atomic E-state index is 10.6. The van der Waals surface area contributed by atoms with E-state index in [-0.39, 0.29) is 17.9 Å². The summed E-state index contributed by atoms with van der Waals surface area (Å²) in [5.74, 6) is 4.07. The van der Waals surface area contributed by atoms with E-state index >= 15 is 0 Å². The fourth-order valence-electron chi connectivity index (χ4n) is 8.52. The number of benzene rings is 1. The molecule has 2 heterocycles. The lowest BCUT2D eigenvalue weighted by Crippen LogP contribution is -2.53. The highest BCUT2D eigenvalue weighted by atomic mass is 16.5. The molecule has 0 amide bonds. The van der Waals surface area contributed by atoms with Gasteiger partial charge in [0.15, 0.2) is 0 Å². The number of nitrogens with zero attached hydrogens (tertiary/aromatic N) is 3. The SMILES string of the molecule is C[C@H]1CC[C@H]2[C@H](CN)[C@@H]([C@]3(C)Cc4cn(-c5ccc(Oc6ccccn6)cc5)nc4C[C@@H]3CO)CC[C@@]12C. The summed E-state index contributed by atoms with van der Waals surface area (Å²) in [5, 5.41) is 15.6. The summed E-state index contributed by atoms with van der Waals surface area (Å²) in [6.07, 6.45) is 10.8. The minimum absolute atomic E-state index is 0.0210. The summed E-state index contributed by atoms with van der Waals surface area (Å²) >= 11 is 0. The van der Waals surface area contributed by atoms with Crippen molar-refractivity contribution in [3.63, 3.8) is 0 Å². The number of hydrogen-bond donors (Lipinski definition) is 2. The number of pyridine rings is 1. The summed E-state index contributed by atoms with van der Waals surface area (Å²) in [6.45, 7) is 8.37. The normalized spacial score (nSPS) is 34.5. The second kappa shape index (κ2) is 9.80. The molecule has 0 spiro atoms. The van der Waals surface area contributed by atoms with Gasteiger partial charge in [0.05, 0.1) is 11.4 Å². The van der Waals surface area contributed by atoms with Crippen molar-refractivity contribution in [1.82, 2.24) is 14.8 Å². The van der Waals surface area contributed by atoms with E-state index < -0.39 is 0 Å². The van der Waals surface area contributed by atoms with Crippen LogP contribution in [-0.2, 0) is 12.8 Å². The number of aliphatic hydroxyl groups is 1. The van der Waals surface area contributed by atoms with E-state index in [1.54, 1.807) is 6.20 Å². The quantitative estimate of drug-likeness (QED) is 0.434. The van der Waals surface area contributed by atoms with E-state index in [0.717, 1.165) is 42.4 Å². The van der Waals surface area contributed by atoms with E-state index in [2.05, 4.69) is 32.0 Å². The van der Waals surface area contributed by atoms with Gasteiger partial charge in [-0.2, -0.15) is 5.10 Å². The predicted molar refractivity (Wildman–Crippen MR) is 149 cm³/mol. The number of aromatic nitrogens is 3. The van der Waals surface area contributed by atoms with E-state index in [0.29, 0.717) is 29.0 Å². The summed E-state index contributed by atoms with van der Waals surface area (Å²) in [6, 6.07) is 13.6. The van der Waals surface area contributed by atoms with Gasteiger partial charge in [0.1, 0.15) is 5.75 Å². The highest BCUT2D eigenvalue weighted by Crippen LogP contribution is 2.63. The largest absolute Gasteiger partial charge is 0.439 e. The van der Waals surface area contributed by atoms with Gasteiger partial charge in [-0.25, -0.2) is 9.67 Å². The molecule has 1 aromatic carbocycles. The molecule has 2 fully saturated rings. The topological polar surface area (TPSA) is 86.2 Å². The number of aliphatic hydroxyl groups excluding tert-OH is 1. The van der Waals surface area contributed by atoms with Gasteiger partial charge in [-0.1, -0.05) is 26.8 Å². The van der Waals surface area contributed by atoms with Crippen LogP contribution in [0.25, 0.3) is 5.69 Å². The molecule has 3 aliphatic carbocycles. The van der Waals surface area contributed by atoms with Crippen molar-refractivity contribution in [2.45, 2.75) is 59.3 Å². The van der Waals surface area contributed by atoms with Gasteiger partial charge in [-0.3, -0.25) is 0 Å². The minimum atomic E-state index is 0.0210. The fraction of sp³-hybridized carbons (Fsp3) is 0.562. The molecule has 202 valence electrons. The molecule has 0 unspecified atom stereocenters. The first-order valence-corrected chi connectivity index (χ1v) is 14.4. The number of fused-ring (bicyclic) bond motifs is 2. The van der Waals surface area contributed by atoms with Crippen LogP contribution in [0, 0.1) is 40.4 Å². The van der Waals surface area contributed by atoms with Crippen molar-refractivity contribution in [3.05, 3.63) is 66.1 Å². The number of hydrogen-bond acceptors (Lipinski definition) is 5. The second-order valence-electron chi connectivity index (χ2n) is 12.7. The third-order valence-electron chi connectivity index (χ3n) is 11.0. The molecule has 2 aromatic heterocycles. The summed E-state index contributed by atoms with van der Waals surface area (Å²) < 4.78 is 7.85. The second-order valence-corrected chi connectivity index (χ2v) is 12.7. The Morgan fingerprint density at radius 1 is 1.05 bits per heavy atom. The van der Waals surface area contributed by atoms with Crippen molar-refractivity contribution in [3.8, 4) is 17.3 Å². The average Bonchev–Trinajstić information content (AvgIpc) is 3.48. The molecule has 0 bridgehead atoms. The zero-order valence-corrected chi connectivity index (χ0v) is 23.0. The average molecular weight is 515 g/mol. The molecule has 6 nitrogen and oxygen atoms in total. The van der Waals surface area contributed by atoms with Crippen LogP contribution in [0.4, 0.5) is 0 Å². The van der Waals surface area contributed by atoms with Gasteiger partial charge in [-0.15, -0.1) is 0 Å². The Hall–Kier alpha value is -2.70. The van der Waals surface area contributed by atoms with Crippen LogP contribution < -0.4 is 10.5 Å². The Labute approximate surface area is 226 Å². The van der Waals surface area contributed by atoms with Crippen molar-refractivity contribution in [2.75, 3.05) is 13.2 Å². The van der Waals surface area contributed by atoms with E-state index in [9.17, 15) is 5.11 Å². The highest BCUT2D eigenvalue weighted by molar-refractivity contribution is 5.40. The van der Waals surface area contributed by atoms with E-state index in [1.165, 1.54) is 31.2 Å². The van der Waals surface area contributed by atoms with Gasteiger partial charge in [0, 0.05) is 25.1 Å². The maximum atomic E-state index is 10.6. The molecule has 2 saturated carbocycles. The molecular weight excluding hydrogens is 472 g/mol. The zero-order chi connectivity index (χ0) is 26.5. The van der Waals surface area contributed by atoms with Crippen LogP contribution in [-0.4, -0.2) is 33.0 Å². The lowest BCUT2D eigenvalue weighted by atomic mass is 9.49. The lowest BCUT2D eigenvalue weighted by Gasteiger charge is -2.56. The van der Waals surface area contributed by atoms with E-state index in [4.69, 9.17) is 15.6 Å². The van der Waals surface area contributed by atoms with Gasteiger partial charge >= 0.3 is 0 Å². The zero-order valence-electron chi connectivity index (χ0n) is 23.0. The fourth-order valence-corrected chi connectivity index (χ4v) is 8.52.